The Morgan fingerprint density at radius 3 is 2.70 bits per heavy atom. The number of imide groups is 1. The van der Waals surface area contributed by atoms with Gasteiger partial charge in [-0.2, -0.15) is 0 Å². The number of carbonyl (C=O) groups excluding carboxylic acids is 3. The molecule has 1 saturated heterocycles. The number of carbonyl (C=O) groups is 3. The molecule has 9 nitrogen and oxygen atoms in total. The molecule has 3 rings (SSSR count). The van der Waals surface area contributed by atoms with Crippen LogP contribution in [-0.2, 0) is 16.1 Å². The summed E-state index contributed by atoms with van der Waals surface area (Å²) in [4.78, 5) is 37.6. The van der Waals surface area contributed by atoms with E-state index in [1.54, 1.807) is 12.1 Å². The molecule has 0 radical (unpaired) electrons. The second-order valence-corrected chi connectivity index (χ2v) is 7.01. The van der Waals surface area contributed by atoms with Crippen molar-refractivity contribution < 1.29 is 33.0 Å². The van der Waals surface area contributed by atoms with E-state index >= 15 is 0 Å². The lowest BCUT2D eigenvalue weighted by atomic mass is 10.1. The summed E-state index contributed by atoms with van der Waals surface area (Å²) in [6.45, 7) is 2.08. The topological polar surface area (TPSA) is 107 Å². The Morgan fingerprint density at radius 1 is 1.27 bits per heavy atom. The number of nitrogens with one attached hydrogen (secondary N) is 1. The van der Waals surface area contributed by atoms with Gasteiger partial charge in [0.25, 0.3) is 5.91 Å². The van der Waals surface area contributed by atoms with Crippen molar-refractivity contribution in [3.63, 3.8) is 0 Å². The zero-order valence-corrected chi connectivity index (χ0v) is 18.1. The summed E-state index contributed by atoms with van der Waals surface area (Å²) < 4.78 is 21.6. The molecule has 0 aliphatic carbocycles. The van der Waals surface area contributed by atoms with Gasteiger partial charge in [0.05, 0.1) is 27.4 Å². The summed E-state index contributed by atoms with van der Waals surface area (Å²) in [5.74, 6) is -0.0109. The van der Waals surface area contributed by atoms with Crippen molar-refractivity contribution in [2.45, 2.75) is 13.5 Å². The highest BCUT2D eigenvalue weighted by Crippen LogP contribution is 2.36. The highest BCUT2D eigenvalue weighted by Gasteiger charge is 2.34. The van der Waals surface area contributed by atoms with Crippen LogP contribution >= 0.6 is 15.9 Å². The lowest BCUT2D eigenvalue weighted by Gasteiger charge is -2.13. The molecule has 0 saturated carbocycles. The predicted octanol–water partition coefficient (Wildman–Crippen LogP) is 3.33. The number of ether oxygens (including phenoxy) is 3. The number of benzene rings is 1. The SMILES string of the molecule is CCOc1c(/C=C2\NC(=O)N(Cc3ccc(C(=O)OC)o3)C2=O)cc(Br)cc1OC. The van der Waals surface area contributed by atoms with E-state index < -0.39 is 17.9 Å². The Kier molecular flexibility index (Phi) is 6.46. The number of esters is 1. The number of rotatable bonds is 7. The molecule has 158 valence electrons. The highest BCUT2D eigenvalue weighted by molar-refractivity contribution is 9.10. The minimum absolute atomic E-state index is 0.0158. The average molecular weight is 479 g/mol. The minimum Gasteiger partial charge on any atom is -0.493 e. The van der Waals surface area contributed by atoms with E-state index in [-0.39, 0.29) is 23.8 Å². The number of furan rings is 1. The van der Waals surface area contributed by atoms with E-state index in [4.69, 9.17) is 13.9 Å². The van der Waals surface area contributed by atoms with E-state index in [0.29, 0.717) is 28.1 Å². The van der Waals surface area contributed by atoms with Gasteiger partial charge in [-0.1, -0.05) is 15.9 Å². The number of methoxy groups -OCH3 is 2. The van der Waals surface area contributed by atoms with Gasteiger partial charge in [0.15, 0.2) is 11.5 Å². The first-order valence-electron chi connectivity index (χ1n) is 8.89. The minimum atomic E-state index is -0.647. The summed E-state index contributed by atoms with van der Waals surface area (Å²) >= 11 is 3.39. The molecule has 1 aromatic heterocycles. The summed E-state index contributed by atoms with van der Waals surface area (Å²) in [6, 6.07) is 5.80. The highest BCUT2D eigenvalue weighted by atomic mass is 79.9. The molecule has 1 aliphatic heterocycles. The van der Waals surface area contributed by atoms with Crippen LogP contribution in [0.2, 0.25) is 0 Å². The zero-order valence-electron chi connectivity index (χ0n) is 16.5. The summed E-state index contributed by atoms with van der Waals surface area (Å²) in [6.07, 6.45) is 1.51. The van der Waals surface area contributed by atoms with Gasteiger partial charge in [-0.25, -0.2) is 9.59 Å². The van der Waals surface area contributed by atoms with Crippen molar-refractivity contribution in [3.8, 4) is 11.5 Å². The van der Waals surface area contributed by atoms with E-state index in [0.717, 1.165) is 4.90 Å². The molecule has 0 spiro atoms. The molecule has 1 aliphatic rings. The third-order valence-corrected chi connectivity index (χ3v) is 4.64. The maximum Gasteiger partial charge on any atom is 0.373 e. The van der Waals surface area contributed by atoms with Crippen LogP contribution < -0.4 is 14.8 Å². The lowest BCUT2D eigenvalue weighted by molar-refractivity contribution is -0.123. The Balaban J connectivity index is 1.87. The molecule has 0 unspecified atom stereocenters. The average Bonchev–Trinajstić information content (AvgIpc) is 3.29. The van der Waals surface area contributed by atoms with Crippen LogP contribution in [0.3, 0.4) is 0 Å². The Labute approximate surface area is 180 Å². The fraction of sp³-hybridized carbons (Fsp3) is 0.250. The fourth-order valence-electron chi connectivity index (χ4n) is 2.85. The first kappa shape index (κ1) is 21.4. The molecule has 0 atom stereocenters. The van der Waals surface area contributed by atoms with Gasteiger partial charge in [0.2, 0.25) is 5.76 Å². The third-order valence-electron chi connectivity index (χ3n) is 4.18. The second-order valence-electron chi connectivity index (χ2n) is 6.10. The van der Waals surface area contributed by atoms with E-state index in [1.807, 2.05) is 6.92 Å². The summed E-state index contributed by atoms with van der Waals surface area (Å²) in [7, 11) is 2.74. The van der Waals surface area contributed by atoms with Crippen LogP contribution in [0, 0.1) is 0 Å². The molecule has 2 aromatic rings. The molecule has 2 heterocycles. The van der Waals surface area contributed by atoms with Gasteiger partial charge < -0.3 is 23.9 Å². The maximum absolute atomic E-state index is 12.8. The number of amides is 3. The number of nitrogens with zero attached hydrogens (tertiary/aromatic N) is 1. The molecule has 30 heavy (non-hydrogen) atoms. The van der Waals surface area contributed by atoms with Gasteiger partial charge in [-0.05, 0) is 37.3 Å². The molecular formula is C20H19BrN2O7. The Hall–Kier alpha value is -3.27. The van der Waals surface area contributed by atoms with Crippen molar-refractivity contribution in [2.24, 2.45) is 0 Å². The maximum atomic E-state index is 12.8. The summed E-state index contributed by atoms with van der Waals surface area (Å²) in [5, 5.41) is 2.54. The monoisotopic (exact) mass is 478 g/mol. The number of hydrogen-bond acceptors (Lipinski definition) is 7. The number of urea groups is 1. The zero-order chi connectivity index (χ0) is 21.8. The molecule has 0 bridgehead atoms. The molecule has 1 aromatic carbocycles. The van der Waals surface area contributed by atoms with E-state index in [2.05, 4.69) is 26.0 Å². The van der Waals surface area contributed by atoms with E-state index in [9.17, 15) is 14.4 Å². The van der Waals surface area contributed by atoms with Crippen molar-refractivity contribution >= 4 is 39.9 Å². The smallest absolute Gasteiger partial charge is 0.373 e. The lowest BCUT2D eigenvalue weighted by Crippen LogP contribution is -2.30. The van der Waals surface area contributed by atoms with Crippen molar-refractivity contribution in [3.05, 3.63) is 51.5 Å². The molecule has 10 heteroatoms. The normalized spacial score (nSPS) is 14.8. The van der Waals surface area contributed by atoms with Crippen LogP contribution in [0.4, 0.5) is 4.79 Å². The Morgan fingerprint density at radius 2 is 2.03 bits per heavy atom. The Bertz CT molecular complexity index is 1030. The number of halogens is 1. The standard InChI is InChI=1S/C20H19BrN2O7/c1-4-29-17-11(7-12(21)9-16(17)27-2)8-14-18(24)23(20(26)22-14)10-13-5-6-15(30-13)19(25)28-3/h5-9H,4,10H2,1-3H3,(H,22,26)/b14-8-. The van der Waals surface area contributed by atoms with Crippen LogP contribution in [0.25, 0.3) is 6.08 Å². The fourth-order valence-corrected chi connectivity index (χ4v) is 3.30. The summed E-state index contributed by atoms with van der Waals surface area (Å²) in [5.41, 5.74) is 0.625. The second kappa shape index (κ2) is 9.04. The van der Waals surface area contributed by atoms with Gasteiger partial charge in [-0.15, -0.1) is 0 Å². The van der Waals surface area contributed by atoms with Crippen molar-refractivity contribution in [1.82, 2.24) is 10.2 Å². The third kappa shape index (κ3) is 4.33. The molecule has 1 fully saturated rings. The molecule has 1 N–H and O–H groups in total. The largest absolute Gasteiger partial charge is 0.493 e. The first-order valence-corrected chi connectivity index (χ1v) is 9.69. The van der Waals surface area contributed by atoms with Gasteiger partial charge in [-0.3, -0.25) is 9.69 Å². The van der Waals surface area contributed by atoms with Gasteiger partial charge in [0.1, 0.15) is 11.5 Å². The van der Waals surface area contributed by atoms with Gasteiger partial charge in [0, 0.05) is 10.0 Å². The van der Waals surface area contributed by atoms with Crippen LogP contribution in [0.5, 0.6) is 11.5 Å². The first-order chi connectivity index (χ1) is 14.4. The van der Waals surface area contributed by atoms with Crippen LogP contribution in [0.1, 0.15) is 28.8 Å². The van der Waals surface area contributed by atoms with E-state index in [1.165, 1.54) is 32.4 Å². The van der Waals surface area contributed by atoms with Crippen LogP contribution in [0.15, 0.2) is 38.9 Å². The molecule has 3 amide bonds. The van der Waals surface area contributed by atoms with Crippen molar-refractivity contribution in [1.29, 1.82) is 0 Å². The van der Waals surface area contributed by atoms with Crippen molar-refractivity contribution in [2.75, 3.05) is 20.8 Å². The van der Waals surface area contributed by atoms with Crippen LogP contribution in [-0.4, -0.2) is 43.6 Å². The van der Waals surface area contributed by atoms with Gasteiger partial charge >= 0.3 is 12.0 Å². The predicted molar refractivity (Wildman–Crippen MR) is 109 cm³/mol. The quantitative estimate of drug-likeness (QED) is 0.369. The number of hydrogen-bond donors (Lipinski definition) is 1. The molecular weight excluding hydrogens is 460 g/mol.